The SMILES string of the molecule is CO[Si](CCCNC(=O)C1C=CC=C1)(OC)OC. The van der Waals surface area contributed by atoms with E-state index in [0.29, 0.717) is 12.6 Å². The summed E-state index contributed by atoms with van der Waals surface area (Å²) in [5.74, 6) is -0.0983. The molecule has 1 N–H and O–H groups in total. The highest BCUT2D eigenvalue weighted by atomic mass is 28.4. The summed E-state index contributed by atoms with van der Waals surface area (Å²) in [4.78, 5) is 11.7. The molecule has 0 heterocycles. The van der Waals surface area contributed by atoms with Crippen LogP contribution in [0.1, 0.15) is 6.42 Å². The maximum atomic E-state index is 11.7. The molecule has 1 rings (SSSR count). The molecule has 6 heteroatoms. The zero-order chi connectivity index (χ0) is 13.4. The van der Waals surface area contributed by atoms with Crippen molar-refractivity contribution in [1.29, 1.82) is 0 Å². The molecule has 1 aliphatic carbocycles. The predicted octanol–water partition coefficient (Wildman–Crippen LogP) is 1.11. The Morgan fingerprint density at radius 3 is 2.22 bits per heavy atom. The molecule has 18 heavy (non-hydrogen) atoms. The van der Waals surface area contributed by atoms with Crippen LogP contribution >= 0.6 is 0 Å². The molecule has 0 radical (unpaired) electrons. The summed E-state index contributed by atoms with van der Waals surface area (Å²) < 4.78 is 15.9. The van der Waals surface area contributed by atoms with Gasteiger partial charge < -0.3 is 18.6 Å². The first kappa shape index (κ1) is 15.1. The fraction of sp³-hybridized carbons (Fsp3) is 0.583. The van der Waals surface area contributed by atoms with Gasteiger partial charge in [-0.25, -0.2) is 0 Å². The average Bonchev–Trinajstić information content (AvgIpc) is 2.94. The number of hydrogen-bond donors (Lipinski definition) is 1. The molecule has 0 aromatic rings. The number of carbonyl (C=O) groups is 1. The summed E-state index contributed by atoms with van der Waals surface area (Å²) in [7, 11) is 2.27. The molecule has 0 unspecified atom stereocenters. The van der Waals surface area contributed by atoms with Crippen molar-refractivity contribution in [2.45, 2.75) is 12.5 Å². The van der Waals surface area contributed by atoms with Gasteiger partial charge in [0, 0.05) is 33.9 Å². The molecule has 0 atom stereocenters. The second-order valence-corrected chi connectivity index (χ2v) is 7.08. The van der Waals surface area contributed by atoms with Gasteiger partial charge in [0.05, 0.1) is 5.92 Å². The standard InChI is InChI=1S/C12H21NO4Si/c1-15-18(16-2,17-3)10-6-9-13-12(14)11-7-4-5-8-11/h4-5,7-8,11H,6,9-10H2,1-3H3,(H,13,14). The summed E-state index contributed by atoms with van der Waals surface area (Å²) in [6, 6.07) is 0.688. The van der Waals surface area contributed by atoms with Crippen molar-refractivity contribution >= 4 is 14.7 Å². The van der Waals surface area contributed by atoms with Gasteiger partial charge in [-0.1, -0.05) is 24.3 Å². The second kappa shape index (κ2) is 7.47. The van der Waals surface area contributed by atoms with Crippen molar-refractivity contribution in [1.82, 2.24) is 5.32 Å². The maximum absolute atomic E-state index is 11.7. The Morgan fingerprint density at radius 2 is 1.72 bits per heavy atom. The van der Waals surface area contributed by atoms with Crippen molar-refractivity contribution in [2.75, 3.05) is 27.9 Å². The molecular formula is C12H21NO4Si. The summed E-state index contributed by atoms with van der Waals surface area (Å²) in [6.07, 6.45) is 8.27. The lowest BCUT2D eigenvalue weighted by molar-refractivity contribution is -0.122. The van der Waals surface area contributed by atoms with Crippen LogP contribution < -0.4 is 5.32 Å². The van der Waals surface area contributed by atoms with Gasteiger partial charge >= 0.3 is 8.80 Å². The van der Waals surface area contributed by atoms with E-state index in [4.69, 9.17) is 13.3 Å². The van der Waals surface area contributed by atoms with Crippen LogP contribution in [0.25, 0.3) is 0 Å². The van der Waals surface area contributed by atoms with Crippen molar-refractivity contribution in [3.63, 3.8) is 0 Å². The highest BCUT2D eigenvalue weighted by Crippen LogP contribution is 2.14. The van der Waals surface area contributed by atoms with Crippen LogP contribution in [0.5, 0.6) is 0 Å². The second-order valence-electron chi connectivity index (χ2n) is 3.99. The van der Waals surface area contributed by atoms with E-state index in [-0.39, 0.29) is 11.8 Å². The Morgan fingerprint density at radius 1 is 1.17 bits per heavy atom. The third-order valence-corrected chi connectivity index (χ3v) is 5.77. The molecule has 0 aromatic heterocycles. The van der Waals surface area contributed by atoms with Gasteiger partial charge in [0.2, 0.25) is 5.91 Å². The molecule has 5 nitrogen and oxygen atoms in total. The molecule has 0 aromatic carbocycles. The van der Waals surface area contributed by atoms with Crippen LogP contribution in [0.15, 0.2) is 24.3 Å². The summed E-state index contributed by atoms with van der Waals surface area (Å²) in [5, 5.41) is 2.88. The maximum Gasteiger partial charge on any atom is 0.500 e. The minimum absolute atomic E-state index is 0.0273. The van der Waals surface area contributed by atoms with Gasteiger partial charge in [0.15, 0.2) is 0 Å². The minimum Gasteiger partial charge on any atom is -0.377 e. The molecular weight excluding hydrogens is 250 g/mol. The quantitative estimate of drug-likeness (QED) is 0.531. The van der Waals surface area contributed by atoms with E-state index in [2.05, 4.69) is 5.32 Å². The van der Waals surface area contributed by atoms with Crippen LogP contribution in [-0.4, -0.2) is 42.6 Å². The van der Waals surface area contributed by atoms with Gasteiger partial charge in [-0.2, -0.15) is 0 Å². The fourth-order valence-corrected chi connectivity index (χ4v) is 3.52. The van der Waals surface area contributed by atoms with Crippen molar-refractivity contribution in [3.05, 3.63) is 24.3 Å². The van der Waals surface area contributed by atoms with E-state index in [1.807, 2.05) is 24.3 Å². The van der Waals surface area contributed by atoms with Crippen molar-refractivity contribution in [2.24, 2.45) is 5.92 Å². The van der Waals surface area contributed by atoms with Crippen LogP contribution in [0, 0.1) is 5.92 Å². The number of allylic oxidation sites excluding steroid dienone is 2. The van der Waals surface area contributed by atoms with Crippen LogP contribution in [0.4, 0.5) is 0 Å². The monoisotopic (exact) mass is 271 g/mol. The van der Waals surface area contributed by atoms with Crippen LogP contribution in [0.3, 0.4) is 0 Å². The Labute approximate surface area is 109 Å². The van der Waals surface area contributed by atoms with E-state index >= 15 is 0 Å². The average molecular weight is 271 g/mol. The number of rotatable bonds is 8. The number of nitrogens with one attached hydrogen (secondary N) is 1. The highest BCUT2D eigenvalue weighted by Gasteiger charge is 2.36. The molecule has 0 spiro atoms. The Balaban J connectivity index is 2.23. The lowest BCUT2D eigenvalue weighted by Crippen LogP contribution is -2.43. The van der Waals surface area contributed by atoms with Gasteiger partial charge in [-0.15, -0.1) is 0 Å². The molecule has 0 aliphatic heterocycles. The smallest absolute Gasteiger partial charge is 0.377 e. The zero-order valence-electron chi connectivity index (χ0n) is 11.1. The van der Waals surface area contributed by atoms with Crippen molar-refractivity contribution < 1.29 is 18.1 Å². The topological polar surface area (TPSA) is 56.8 Å². The van der Waals surface area contributed by atoms with Gasteiger partial charge in [-0.3, -0.25) is 4.79 Å². The van der Waals surface area contributed by atoms with Gasteiger partial charge in [-0.05, 0) is 6.42 Å². The third-order valence-electron chi connectivity index (χ3n) is 2.94. The van der Waals surface area contributed by atoms with Gasteiger partial charge in [0.25, 0.3) is 0 Å². The third kappa shape index (κ3) is 4.06. The highest BCUT2D eigenvalue weighted by molar-refractivity contribution is 6.60. The Bertz CT molecular complexity index is 306. The van der Waals surface area contributed by atoms with Gasteiger partial charge in [0.1, 0.15) is 0 Å². The predicted molar refractivity (Wildman–Crippen MR) is 71.0 cm³/mol. The molecule has 102 valence electrons. The Kier molecular flexibility index (Phi) is 6.27. The number of hydrogen-bond acceptors (Lipinski definition) is 4. The van der Waals surface area contributed by atoms with Crippen LogP contribution in [-0.2, 0) is 18.1 Å². The van der Waals surface area contributed by atoms with E-state index in [1.165, 1.54) is 0 Å². The lowest BCUT2D eigenvalue weighted by Gasteiger charge is -2.24. The van der Waals surface area contributed by atoms with E-state index in [9.17, 15) is 4.79 Å². The van der Waals surface area contributed by atoms with Crippen molar-refractivity contribution in [3.8, 4) is 0 Å². The van der Waals surface area contributed by atoms with E-state index < -0.39 is 8.80 Å². The number of amides is 1. The zero-order valence-corrected chi connectivity index (χ0v) is 12.1. The minimum atomic E-state index is -2.50. The first-order valence-corrected chi connectivity index (χ1v) is 7.89. The summed E-state index contributed by atoms with van der Waals surface area (Å²) in [6.45, 7) is 0.599. The fourth-order valence-electron chi connectivity index (χ4n) is 1.80. The largest absolute Gasteiger partial charge is 0.500 e. The first-order chi connectivity index (χ1) is 8.67. The normalized spacial score (nSPS) is 15.3. The lowest BCUT2D eigenvalue weighted by atomic mass is 10.1. The molecule has 1 amide bonds. The molecule has 1 aliphatic rings. The Hall–Kier alpha value is -0.953. The molecule has 0 saturated carbocycles. The summed E-state index contributed by atoms with van der Waals surface area (Å²) >= 11 is 0. The van der Waals surface area contributed by atoms with E-state index in [0.717, 1.165) is 6.42 Å². The molecule has 0 fully saturated rings. The first-order valence-electron chi connectivity index (χ1n) is 5.95. The number of carbonyl (C=O) groups excluding carboxylic acids is 1. The molecule has 0 saturated heterocycles. The van der Waals surface area contributed by atoms with E-state index in [1.54, 1.807) is 21.3 Å². The summed E-state index contributed by atoms with van der Waals surface area (Å²) in [5.41, 5.74) is 0. The van der Waals surface area contributed by atoms with Crippen LogP contribution in [0.2, 0.25) is 6.04 Å². The molecule has 0 bridgehead atoms.